The minimum Gasteiger partial charge on any atom is -0.368 e. The van der Waals surface area contributed by atoms with E-state index < -0.39 is 0 Å². The van der Waals surface area contributed by atoms with Crippen molar-refractivity contribution in [2.24, 2.45) is 0 Å². The molecule has 0 radical (unpaired) electrons. The molecule has 0 unspecified atom stereocenters. The van der Waals surface area contributed by atoms with Crippen molar-refractivity contribution in [2.75, 3.05) is 12.3 Å². The fourth-order valence-electron chi connectivity index (χ4n) is 2.71. The molecule has 0 aliphatic heterocycles. The number of aryl methyl sites for hydroxylation is 1. The lowest BCUT2D eigenvalue weighted by atomic mass is 9.93. The van der Waals surface area contributed by atoms with Crippen LogP contribution in [0.4, 0.5) is 5.95 Å². The summed E-state index contributed by atoms with van der Waals surface area (Å²) in [6, 6.07) is 0. The van der Waals surface area contributed by atoms with E-state index in [9.17, 15) is 0 Å². The Bertz CT molecular complexity index is 380. The van der Waals surface area contributed by atoms with E-state index in [1.807, 2.05) is 13.8 Å². The summed E-state index contributed by atoms with van der Waals surface area (Å²) >= 11 is 0. The van der Waals surface area contributed by atoms with Crippen LogP contribution in [0.2, 0.25) is 0 Å². The summed E-state index contributed by atoms with van der Waals surface area (Å²) in [6.07, 6.45) is 6.78. The predicted molar refractivity (Wildman–Crippen MR) is 70.0 cm³/mol. The van der Waals surface area contributed by atoms with Crippen molar-refractivity contribution in [3.8, 4) is 0 Å². The van der Waals surface area contributed by atoms with Crippen LogP contribution < -0.4 is 5.73 Å². The fourth-order valence-corrected chi connectivity index (χ4v) is 2.71. The van der Waals surface area contributed by atoms with Gasteiger partial charge in [-0.3, -0.25) is 0 Å². The molecule has 100 valence electrons. The van der Waals surface area contributed by atoms with Crippen molar-refractivity contribution in [1.29, 1.82) is 0 Å². The Morgan fingerprint density at radius 1 is 1.11 bits per heavy atom. The maximum absolute atomic E-state index is 6.04. The second-order valence-corrected chi connectivity index (χ2v) is 4.91. The maximum atomic E-state index is 6.04. The third kappa shape index (κ3) is 2.77. The van der Waals surface area contributed by atoms with Crippen molar-refractivity contribution >= 4 is 5.95 Å². The molecule has 1 aromatic heterocycles. The van der Waals surface area contributed by atoms with Crippen molar-refractivity contribution in [3.05, 3.63) is 11.6 Å². The first-order chi connectivity index (χ1) is 8.66. The Balaban J connectivity index is 2.37. The molecule has 1 heterocycles. The number of ether oxygens (including phenoxy) is 1. The summed E-state index contributed by atoms with van der Waals surface area (Å²) in [5.41, 5.74) is 5.39. The Morgan fingerprint density at radius 2 is 1.78 bits per heavy atom. The monoisotopic (exact) mass is 250 g/mol. The number of hydrogen-bond donors (Lipinski definition) is 1. The molecule has 5 nitrogen and oxygen atoms in total. The first-order valence-electron chi connectivity index (χ1n) is 6.79. The first-order valence-corrected chi connectivity index (χ1v) is 6.79. The van der Waals surface area contributed by atoms with Gasteiger partial charge in [0.2, 0.25) is 5.95 Å². The van der Waals surface area contributed by atoms with E-state index in [1.54, 1.807) is 0 Å². The zero-order valence-electron chi connectivity index (χ0n) is 11.3. The highest BCUT2D eigenvalue weighted by Crippen LogP contribution is 2.37. The van der Waals surface area contributed by atoms with E-state index in [4.69, 9.17) is 10.5 Å². The second-order valence-electron chi connectivity index (χ2n) is 4.91. The highest BCUT2D eigenvalue weighted by Gasteiger charge is 2.36. The normalized spacial score (nSPS) is 19.4. The van der Waals surface area contributed by atoms with Crippen molar-refractivity contribution in [3.63, 3.8) is 0 Å². The van der Waals surface area contributed by atoms with Crippen LogP contribution in [0, 0.1) is 6.92 Å². The lowest BCUT2D eigenvalue weighted by molar-refractivity contribution is -0.0625. The summed E-state index contributed by atoms with van der Waals surface area (Å²) in [4.78, 5) is 12.8. The SMILES string of the molecule is CCOC1(c2nc(C)nc(N)n2)CCCCCC1. The quantitative estimate of drug-likeness (QED) is 0.833. The van der Waals surface area contributed by atoms with E-state index >= 15 is 0 Å². The molecule has 1 aliphatic carbocycles. The maximum Gasteiger partial charge on any atom is 0.223 e. The van der Waals surface area contributed by atoms with Crippen molar-refractivity contribution in [1.82, 2.24) is 15.0 Å². The van der Waals surface area contributed by atoms with E-state index in [0.717, 1.165) is 31.5 Å². The minimum atomic E-state index is -0.354. The summed E-state index contributed by atoms with van der Waals surface area (Å²) in [5.74, 6) is 1.68. The van der Waals surface area contributed by atoms with Gasteiger partial charge < -0.3 is 10.5 Å². The molecule has 0 spiro atoms. The van der Waals surface area contributed by atoms with Crippen LogP contribution in [0.5, 0.6) is 0 Å². The Kier molecular flexibility index (Phi) is 4.11. The van der Waals surface area contributed by atoms with Gasteiger partial charge in [0.25, 0.3) is 0 Å². The van der Waals surface area contributed by atoms with Crippen molar-refractivity contribution in [2.45, 2.75) is 58.0 Å². The van der Waals surface area contributed by atoms with Crippen LogP contribution in [0.15, 0.2) is 0 Å². The van der Waals surface area contributed by atoms with Gasteiger partial charge in [-0.05, 0) is 26.7 Å². The van der Waals surface area contributed by atoms with Gasteiger partial charge >= 0.3 is 0 Å². The van der Waals surface area contributed by atoms with Gasteiger partial charge in [-0.1, -0.05) is 25.7 Å². The van der Waals surface area contributed by atoms with Gasteiger partial charge in [-0.15, -0.1) is 0 Å². The number of nitrogen functional groups attached to an aromatic ring is 1. The average Bonchev–Trinajstić information content (AvgIpc) is 2.55. The lowest BCUT2D eigenvalue weighted by Gasteiger charge is -2.31. The second kappa shape index (κ2) is 5.61. The summed E-state index contributed by atoms with van der Waals surface area (Å²) in [5, 5.41) is 0. The number of rotatable bonds is 3. The van der Waals surface area contributed by atoms with Crippen LogP contribution in [-0.2, 0) is 10.3 Å². The zero-order valence-corrected chi connectivity index (χ0v) is 11.3. The van der Waals surface area contributed by atoms with Crippen LogP contribution in [0.3, 0.4) is 0 Å². The van der Waals surface area contributed by atoms with E-state index in [2.05, 4.69) is 15.0 Å². The van der Waals surface area contributed by atoms with Crippen LogP contribution in [0.25, 0.3) is 0 Å². The van der Waals surface area contributed by atoms with Crippen LogP contribution >= 0.6 is 0 Å². The van der Waals surface area contributed by atoms with Gasteiger partial charge in [0.05, 0.1) is 0 Å². The van der Waals surface area contributed by atoms with Gasteiger partial charge in [0.1, 0.15) is 11.4 Å². The number of nitrogens with zero attached hydrogens (tertiary/aromatic N) is 3. The smallest absolute Gasteiger partial charge is 0.223 e. The predicted octanol–water partition coefficient (Wildman–Crippen LogP) is 2.35. The molecule has 1 saturated carbocycles. The number of hydrogen-bond acceptors (Lipinski definition) is 5. The molecule has 0 amide bonds. The van der Waals surface area contributed by atoms with Crippen LogP contribution in [0.1, 0.15) is 57.1 Å². The third-order valence-electron chi connectivity index (χ3n) is 3.50. The molecule has 0 aromatic carbocycles. The third-order valence-corrected chi connectivity index (χ3v) is 3.50. The van der Waals surface area contributed by atoms with Crippen molar-refractivity contribution < 1.29 is 4.74 Å². The van der Waals surface area contributed by atoms with Gasteiger partial charge in [-0.2, -0.15) is 9.97 Å². The first kappa shape index (κ1) is 13.2. The summed E-state index contributed by atoms with van der Waals surface area (Å²) in [7, 11) is 0. The lowest BCUT2D eigenvalue weighted by Crippen LogP contribution is -2.32. The summed E-state index contributed by atoms with van der Waals surface area (Å²) in [6.45, 7) is 4.53. The topological polar surface area (TPSA) is 73.9 Å². The molecule has 1 aromatic rings. The molecule has 5 heteroatoms. The molecule has 1 aliphatic rings. The van der Waals surface area contributed by atoms with E-state index in [0.29, 0.717) is 18.4 Å². The molecule has 0 atom stereocenters. The number of anilines is 1. The average molecular weight is 250 g/mol. The molecule has 2 N–H and O–H groups in total. The van der Waals surface area contributed by atoms with Gasteiger partial charge in [0.15, 0.2) is 5.82 Å². The Morgan fingerprint density at radius 3 is 2.33 bits per heavy atom. The fraction of sp³-hybridized carbons (Fsp3) is 0.769. The number of aromatic nitrogens is 3. The van der Waals surface area contributed by atoms with E-state index in [-0.39, 0.29) is 5.60 Å². The van der Waals surface area contributed by atoms with Gasteiger partial charge in [-0.25, -0.2) is 4.98 Å². The highest BCUT2D eigenvalue weighted by molar-refractivity contribution is 5.18. The molecule has 0 bridgehead atoms. The molecule has 18 heavy (non-hydrogen) atoms. The highest BCUT2D eigenvalue weighted by atomic mass is 16.5. The molecule has 2 rings (SSSR count). The standard InChI is InChI=1S/C13H22N4O/c1-3-18-13(8-6-4-5-7-9-13)11-15-10(2)16-12(14)17-11/h3-9H2,1-2H3,(H2,14,15,16,17). The summed E-state index contributed by atoms with van der Waals surface area (Å²) < 4.78 is 6.04. The molecule has 1 fully saturated rings. The zero-order chi connectivity index (χ0) is 13.0. The number of nitrogens with two attached hydrogens (primary N) is 1. The Hall–Kier alpha value is -1.23. The minimum absolute atomic E-state index is 0.292. The molecule has 0 saturated heterocycles. The van der Waals surface area contributed by atoms with Crippen LogP contribution in [-0.4, -0.2) is 21.6 Å². The molecular formula is C13H22N4O. The van der Waals surface area contributed by atoms with Gasteiger partial charge in [0, 0.05) is 6.61 Å². The largest absolute Gasteiger partial charge is 0.368 e. The Labute approximate surface area is 108 Å². The molecular weight excluding hydrogens is 228 g/mol. The van der Waals surface area contributed by atoms with E-state index in [1.165, 1.54) is 12.8 Å².